The molecule has 2 aromatic heterocycles. The van der Waals surface area contributed by atoms with E-state index in [0.717, 1.165) is 99.9 Å². The van der Waals surface area contributed by atoms with Crippen LogP contribution in [0.15, 0.2) is 0 Å². The van der Waals surface area contributed by atoms with Crippen LogP contribution in [0.4, 0.5) is 19.4 Å². The topological polar surface area (TPSA) is 83.9 Å². The van der Waals surface area contributed by atoms with Gasteiger partial charge in [0, 0.05) is 0 Å². The quantitative estimate of drug-likeness (QED) is 0.188. The van der Waals surface area contributed by atoms with Gasteiger partial charge in [-0.05, 0) is 0 Å². The number of anilines is 1. The molecule has 9 nitrogen and oxygen atoms in total. The molecule has 2 aromatic rings. The molecule has 5 atom stereocenters. The van der Waals surface area contributed by atoms with Crippen LogP contribution < -0.4 is 13.3 Å². The molecular weight excluding hydrogens is 769 g/mol. The Morgan fingerprint density at radius 3 is 2.35 bits per heavy atom. The summed E-state index contributed by atoms with van der Waals surface area (Å²) in [5.74, 6) is 0.439. The number of carbonyl (C=O) groups is 1. The number of alkyl halides is 1. The van der Waals surface area contributed by atoms with E-state index in [1.165, 1.54) is 0 Å². The third-order valence-electron chi connectivity index (χ3n) is 12.9. The Morgan fingerprint density at radius 1 is 0.962 bits per heavy atom. The van der Waals surface area contributed by atoms with Crippen molar-refractivity contribution in [2.24, 2.45) is 0 Å². The number of carbonyl (C=O) groups excluding carboxylic acids is 1. The number of ether oxygens (including phenoxy) is 2. The summed E-state index contributed by atoms with van der Waals surface area (Å²) in [6.07, 6.45) is 11.1. The number of hydrogen-bond donors (Lipinski definition) is 0. The summed E-state index contributed by atoms with van der Waals surface area (Å²) in [7, 11) is 0. The number of fused-ring (bicyclic) bond motifs is 6. The monoisotopic (exact) mass is 832 g/mol. The van der Waals surface area contributed by atoms with Gasteiger partial charge < -0.3 is 0 Å². The Kier molecular flexibility index (Phi) is 11.2. The normalized spacial score (nSPS) is 27.2. The molecule has 7 heterocycles. The number of aryl methyl sites for hydroxylation is 1. The van der Waals surface area contributed by atoms with Gasteiger partial charge >= 0.3 is 315 Å². The van der Waals surface area contributed by atoms with Crippen LogP contribution in [0.25, 0.3) is 10.9 Å². The molecular formula is C40H62F2N6O3Sn. The summed E-state index contributed by atoms with van der Waals surface area (Å²) in [6, 6.07) is 0.0880. The Bertz CT molecular complexity index is 1600. The molecule has 0 N–H and O–H groups in total. The van der Waals surface area contributed by atoms with E-state index in [1.807, 2.05) is 25.7 Å². The second-order valence-electron chi connectivity index (χ2n) is 17.7. The van der Waals surface area contributed by atoms with E-state index in [9.17, 15) is 9.18 Å². The van der Waals surface area contributed by atoms with Crippen molar-refractivity contribution in [3.8, 4) is 6.01 Å². The van der Waals surface area contributed by atoms with E-state index in [-0.39, 0.29) is 41.6 Å². The molecule has 7 rings (SSSR count). The average Bonchev–Trinajstić information content (AvgIpc) is 3.71. The van der Waals surface area contributed by atoms with Crippen molar-refractivity contribution in [2.45, 2.75) is 174 Å². The van der Waals surface area contributed by atoms with Crippen LogP contribution in [-0.4, -0.2) is 111 Å². The van der Waals surface area contributed by atoms with Crippen LogP contribution in [0.1, 0.15) is 124 Å². The van der Waals surface area contributed by atoms with Crippen LogP contribution in [0, 0.1) is 5.82 Å². The van der Waals surface area contributed by atoms with E-state index in [4.69, 9.17) is 24.4 Å². The van der Waals surface area contributed by atoms with Crippen molar-refractivity contribution in [1.29, 1.82) is 0 Å². The van der Waals surface area contributed by atoms with Gasteiger partial charge in [-0.25, -0.2) is 0 Å². The summed E-state index contributed by atoms with van der Waals surface area (Å²) in [6.45, 7) is 14.6. The first-order valence-corrected chi connectivity index (χ1v) is 28.1. The van der Waals surface area contributed by atoms with E-state index in [1.54, 1.807) is 0 Å². The zero-order valence-corrected chi connectivity index (χ0v) is 35.5. The molecule has 52 heavy (non-hydrogen) atoms. The molecule has 288 valence electrons. The van der Waals surface area contributed by atoms with Gasteiger partial charge in [0.2, 0.25) is 0 Å². The summed E-state index contributed by atoms with van der Waals surface area (Å²) >= 11 is -3.37. The number of rotatable bonds is 13. The summed E-state index contributed by atoms with van der Waals surface area (Å²) < 4.78 is 49.0. The molecule has 0 spiro atoms. The number of unbranched alkanes of at least 4 members (excludes halogenated alkanes) is 3. The van der Waals surface area contributed by atoms with Gasteiger partial charge in [-0.15, -0.1) is 0 Å². The molecule has 4 saturated heterocycles. The first-order chi connectivity index (χ1) is 24.9. The van der Waals surface area contributed by atoms with Gasteiger partial charge in [0.25, 0.3) is 0 Å². The third-order valence-corrected chi connectivity index (χ3v) is 28.0. The Labute approximate surface area is 313 Å². The molecule has 5 aliphatic heterocycles. The SMILES string of the molecule is CCC[CH2][Sn]([CH2]CCC)([CH2]CCC)[c]1nc2c3c(nc(OC[C@@]45CCCN4C[C@H](F)C5)nc3c1F)N1C[C@H]3CC[C@@H]([C@H]1CC2)N3C(=O)OC(C)(C)C. The Morgan fingerprint density at radius 2 is 1.67 bits per heavy atom. The van der Waals surface area contributed by atoms with Gasteiger partial charge in [0.1, 0.15) is 0 Å². The number of pyridine rings is 1. The van der Waals surface area contributed by atoms with E-state index in [2.05, 4.69) is 30.6 Å². The second-order valence-corrected chi connectivity index (χ2v) is 30.6. The maximum absolute atomic E-state index is 17.7. The molecule has 0 aliphatic carbocycles. The summed E-state index contributed by atoms with van der Waals surface area (Å²) in [4.78, 5) is 35.7. The number of nitrogens with zero attached hydrogens (tertiary/aromatic N) is 6. The van der Waals surface area contributed by atoms with E-state index in [0.29, 0.717) is 49.3 Å². The molecule has 12 heteroatoms. The fourth-order valence-corrected chi connectivity index (χ4v) is 26.2. The van der Waals surface area contributed by atoms with Crippen LogP contribution in [0.2, 0.25) is 13.3 Å². The van der Waals surface area contributed by atoms with Crippen molar-refractivity contribution in [1.82, 2.24) is 24.8 Å². The van der Waals surface area contributed by atoms with Crippen molar-refractivity contribution in [3.05, 3.63) is 11.5 Å². The second kappa shape index (κ2) is 15.3. The predicted octanol–water partition coefficient (Wildman–Crippen LogP) is 8.08. The molecule has 0 unspecified atom stereocenters. The fourth-order valence-electron chi connectivity index (χ4n) is 10.4. The van der Waals surface area contributed by atoms with Crippen LogP contribution >= 0.6 is 0 Å². The zero-order valence-electron chi connectivity index (χ0n) is 32.6. The van der Waals surface area contributed by atoms with Crippen molar-refractivity contribution >= 4 is 44.9 Å². The first-order valence-electron chi connectivity index (χ1n) is 20.6. The number of piperazine rings is 1. The molecule has 0 radical (unpaired) electrons. The van der Waals surface area contributed by atoms with Gasteiger partial charge in [0.15, 0.2) is 0 Å². The van der Waals surface area contributed by atoms with Crippen LogP contribution in [0.5, 0.6) is 6.01 Å². The average molecular weight is 832 g/mol. The van der Waals surface area contributed by atoms with Crippen LogP contribution in [0.3, 0.4) is 0 Å². The maximum atomic E-state index is 17.7. The van der Waals surface area contributed by atoms with Crippen LogP contribution in [-0.2, 0) is 11.2 Å². The van der Waals surface area contributed by atoms with Crippen molar-refractivity contribution < 1.29 is 23.0 Å². The summed E-state index contributed by atoms with van der Waals surface area (Å²) in [5, 5.41) is 0.716. The van der Waals surface area contributed by atoms with Gasteiger partial charge in [-0.2, -0.15) is 0 Å². The molecule has 0 saturated carbocycles. The minimum absolute atomic E-state index is 0.0162. The Balaban J connectivity index is 1.35. The molecule has 2 bridgehead atoms. The van der Waals surface area contributed by atoms with Crippen molar-refractivity contribution in [3.63, 3.8) is 0 Å². The number of aromatic nitrogens is 3. The fraction of sp³-hybridized carbons (Fsp3) is 0.800. The number of halogens is 2. The minimum atomic E-state index is -3.37. The number of amides is 1. The molecule has 4 fully saturated rings. The van der Waals surface area contributed by atoms with E-state index < -0.39 is 30.1 Å². The van der Waals surface area contributed by atoms with E-state index >= 15 is 4.39 Å². The zero-order chi connectivity index (χ0) is 36.8. The predicted molar refractivity (Wildman–Crippen MR) is 205 cm³/mol. The summed E-state index contributed by atoms with van der Waals surface area (Å²) in [5.41, 5.74) is 0.303. The third kappa shape index (κ3) is 7.12. The standard InChI is InChI=1S/C28H35F2N6O3.3C4H9.Sn/c1-27(2,3)39-26(37)36-17-5-7-21(36)20-8-6-19-22-23(18(30)12-31-19)32-25(33-24(22)35(20)14-17)38-15-28-9-4-10-34(28)13-16(29)11-28;3*1-3-4-2;/h16-17,20-21H,4-11,13-15H2,1-3H3;3*1,3-4H2,2H3;/t16-,17-,20-,21+,28+;;;;/m1..../s1. The van der Waals surface area contributed by atoms with Gasteiger partial charge in [-0.1, -0.05) is 0 Å². The Hall–Kier alpha value is -2.02. The number of hydrogen-bond acceptors (Lipinski definition) is 8. The van der Waals surface area contributed by atoms with Gasteiger partial charge in [0.05, 0.1) is 0 Å². The molecule has 1 amide bonds. The first kappa shape index (κ1) is 38.3. The van der Waals surface area contributed by atoms with Crippen molar-refractivity contribution in [2.75, 3.05) is 31.1 Å². The van der Waals surface area contributed by atoms with Gasteiger partial charge in [-0.3, -0.25) is 0 Å². The molecule has 5 aliphatic rings. The molecule has 0 aromatic carbocycles.